The van der Waals surface area contributed by atoms with E-state index in [4.69, 9.17) is 27.7 Å². The summed E-state index contributed by atoms with van der Waals surface area (Å²) in [5.41, 5.74) is 1.40. The van der Waals surface area contributed by atoms with Gasteiger partial charge in [0, 0.05) is 34.3 Å². The molecule has 1 amide bonds. The Morgan fingerprint density at radius 1 is 1.11 bits per heavy atom. The van der Waals surface area contributed by atoms with E-state index in [1.165, 1.54) is 0 Å². The lowest BCUT2D eigenvalue weighted by molar-refractivity contribution is 0.0695. The Balaban J connectivity index is 1.51. The average molecular weight is 402 g/mol. The molecule has 2 heterocycles. The Hall–Kier alpha value is -2.37. The summed E-state index contributed by atoms with van der Waals surface area (Å²) in [6, 6.07) is 14.6. The van der Waals surface area contributed by atoms with Gasteiger partial charge in [0.1, 0.15) is 0 Å². The van der Waals surface area contributed by atoms with Gasteiger partial charge in [0.05, 0.1) is 5.92 Å². The van der Waals surface area contributed by atoms with E-state index in [1.807, 2.05) is 30.3 Å². The molecule has 1 unspecified atom stereocenters. The number of likely N-dealkylation sites (tertiary alicyclic amines) is 1. The van der Waals surface area contributed by atoms with Crippen LogP contribution >= 0.6 is 23.2 Å². The SMILES string of the molecule is O=C(c1cc(Cl)cc(Cl)c1)N1CCCC(c2nc(-c3ccccc3)no2)C1. The highest BCUT2D eigenvalue weighted by Crippen LogP contribution is 2.29. The van der Waals surface area contributed by atoms with Crippen LogP contribution in [-0.2, 0) is 0 Å². The van der Waals surface area contributed by atoms with Crippen LogP contribution in [0.2, 0.25) is 10.0 Å². The summed E-state index contributed by atoms with van der Waals surface area (Å²) in [7, 11) is 0. The number of carbonyl (C=O) groups excluding carboxylic acids is 1. The van der Waals surface area contributed by atoms with Crippen molar-refractivity contribution in [1.82, 2.24) is 15.0 Å². The highest BCUT2D eigenvalue weighted by Gasteiger charge is 2.29. The Morgan fingerprint density at radius 2 is 1.85 bits per heavy atom. The quantitative estimate of drug-likeness (QED) is 0.614. The molecule has 1 aliphatic heterocycles. The molecule has 0 saturated carbocycles. The Labute approximate surface area is 166 Å². The van der Waals surface area contributed by atoms with E-state index in [-0.39, 0.29) is 11.8 Å². The smallest absolute Gasteiger partial charge is 0.253 e. The lowest BCUT2D eigenvalue weighted by Gasteiger charge is -2.31. The molecule has 27 heavy (non-hydrogen) atoms. The monoisotopic (exact) mass is 401 g/mol. The van der Waals surface area contributed by atoms with Crippen LogP contribution in [0.15, 0.2) is 53.1 Å². The molecule has 1 aliphatic rings. The first-order valence-corrected chi connectivity index (χ1v) is 9.50. The molecule has 3 aromatic rings. The highest BCUT2D eigenvalue weighted by molar-refractivity contribution is 6.35. The predicted molar refractivity (Wildman–Crippen MR) is 104 cm³/mol. The molecule has 2 aromatic carbocycles. The lowest BCUT2D eigenvalue weighted by Crippen LogP contribution is -2.39. The normalized spacial score (nSPS) is 17.1. The van der Waals surface area contributed by atoms with Crippen molar-refractivity contribution >= 4 is 29.1 Å². The molecule has 0 aliphatic carbocycles. The van der Waals surface area contributed by atoms with Crippen LogP contribution in [0.25, 0.3) is 11.4 Å². The average Bonchev–Trinajstić information content (AvgIpc) is 3.18. The van der Waals surface area contributed by atoms with E-state index < -0.39 is 0 Å². The first-order chi connectivity index (χ1) is 13.1. The molecule has 5 nitrogen and oxygen atoms in total. The zero-order valence-corrected chi connectivity index (χ0v) is 16.0. The summed E-state index contributed by atoms with van der Waals surface area (Å²) in [6.45, 7) is 1.21. The Kier molecular flexibility index (Phi) is 5.14. The van der Waals surface area contributed by atoms with Gasteiger partial charge < -0.3 is 9.42 Å². The fourth-order valence-corrected chi connectivity index (χ4v) is 3.85. The second-order valence-corrected chi connectivity index (χ2v) is 7.44. The van der Waals surface area contributed by atoms with E-state index in [0.717, 1.165) is 18.4 Å². The Bertz CT molecular complexity index is 939. The third kappa shape index (κ3) is 3.99. The van der Waals surface area contributed by atoms with Gasteiger partial charge in [0.25, 0.3) is 5.91 Å². The van der Waals surface area contributed by atoms with Crippen molar-refractivity contribution in [1.29, 1.82) is 0 Å². The van der Waals surface area contributed by atoms with Crippen LogP contribution in [0.1, 0.15) is 35.0 Å². The van der Waals surface area contributed by atoms with Crippen LogP contribution in [0.5, 0.6) is 0 Å². The summed E-state index contributed by atoms with van der Waals surface area (Å²) in [5.74, 6) is 1.06. The number of aromatic nitrogens is 2. The van der Waals surface area contributed by atoms with Gasteiger partial charge in [-0.1, -0.05) is 58.7 Å². The minimum absolute atomic E-state index is 0.0160. The maximum absolute atomic E-state index is 12.8. The molecule has 0 radical (unpaired) electrons. The van der Waals surface area contributed by atoms with Crippen molar-refractivity contribution in [3.8, 4) is 11.4 Å². The summed E-state index contributed by atoms with van der Waals surface area (Å²) >= 11 is 12.1. The van der Waals surface area contributed by atoms with E-state index in [1.54, 1.807) is 23.1 Å². The third-order valence-corrected chi connectivity index (χ3v) is 5.08. The number of hydrogen-bond donors (Lipinski definition) is 0. The molecule has 1 aromatic heterocycles. The van der Waals surface area contributed by atoms with Gasteiger partial charge in [-0.05, 0) is 31.0 Å². The first-order valence-electron chi connectivity index (χ1n) is 8.74. The number of amides is 1. The van der Waals surface area contributed by atoms with Gasteiger partial charge in [-0.3, -0.25) is 4.79 Å². The summed E-state index contributed by atoms with van der Waals surface area (Å²) < 4.78 is 5.49. The second-order valence-electron chi connectivity index (χ2n) is 6.57. The zero-order valence-electron chi connectivity index (χ0n) is 14.4. The molecule has 138 valence electrons. The lowest BCUT2D eigenvalue weighted by atomic mass is 9.97. The van der Waals surface area contributed by atoms with Crippen molar-refractivity contribution in [3.05, 3.63) is 70.0 Å². The van der Waals surface area contributed by atoms with Gasteiger partial charge in [-0.2, -0.15) is 4.98 Å². The molecule has 0 N–H and O–H groups in total. The molecule has 1 atom stereocenters. The van der Waals surface area contributed by atoms with E-state index >= 15 is 0 Å². The van der Waals surface area contributed by atoms with E-state index in [2.05, 4.69) is 10.1 Å². The largest absolute Gasteiger partial charge is 0.339 e. The molecule has 0 spiro atoms. The number of nitrogens with zero attached hydrogens (tertiary/aromatic N) is 3. The van der Waals surface area contributed by atoms with Crippen molar-refractivity contribution in [3.63, 3.8) is 0 Å². The fraction of sp³-hybridized carbons (Fsp3) is 0.250. The minimum Gasteiger partial charge on any atom is -0.339 e. The third-order valence-electron chi connectivity index (χ3n) is 4.64. The van der Waals surface area contributed by atoms with Crippen molar-refractivity contribution in [2.45, 2.75) is 18.8 Å². The predicted octanol–water partition coefficient (Wildman–Crippen LogP) is 5.06. The number of carbonyl (C=O) groups is 1. The molecule has 0 bridgehead atoms. The zero-order chi connectivity index (χ0) is 18.8. The van der Waals surface area contributed by atoms with E-state index in [0.29, 0.717) is 40.4 Å². The fourth-order valence-electron chi connectivity index (χ4n) is 3.33. The summed E-state index contributed by atoms with van der Waals surface area (Å²) in [5, 5.41) is 4.98. The van der Waals surface area contributed by atoms with Crippen LogP contribution in [0.3, 0.4) is 0 Å². The molecule has 1 fully saturated rings. The topological polar surface area (TPSA) is 59.2 Å². The molecule has 7 heteroatoms. The number of rotatable bonds is 3. The van der Waals surface area contributed by atoms with Crippen LogP contribution in [0.4, 0.5) is 0 Å². The van der Waals surface area contributed by atoms with Crippen molar-refractivity contribution in [2.24, 2.45) is 0 Å². The summed E-state index contributed by atoms with van der Waals surface area (Å²) in [6.07, 6.45) is 1.77. The van der Waals surface area contributed by atoms with Crippen LogP contribution in [0, 0.1) is 0 Å². The van der Waals surface area contributed by atoms with Gasteiger partial charge in [-0.25, -0.2) is 0 Å². The molecular formula is C20H17Cl2N3O2. The minimum atomic E-state index is -0.0908. The van der Waals surface area contributed by atoms with Gasteiger partial charge >= 0.3 is 0 Å². The number of hydrogen-bond acceptors (Lipinski definition) is 4. The van der Waals surface area contributed by atoms with Gasteiger partial charge in [-0.15, -0.1) is 0 Å². The van der Waals surface area contributed by atoms with Crippen LogP contribution < -0.4 is 0 Å². The standard InChI is InChI=1S/C20H17Cl2N3O2/c21-16-9-15(10-17(22)11-16)20(26)25-8-4-7-14(12-25)19-23-18(24-27-19)13-5-2-1-3-6-13/h1-3,5-6,9-11,14H,4,7-8,12H2. The van der Waals surface area contributed by atoms with Gasteiger partial charge in [0.15, 0.2) is 0 Å². The molecular weight excluding hydrogens is 385 g/mol. The first kappa shape index (κ1) is 18.0. The maximum atomic E-state index is 12.8. The van der Waals surface area contributed by atoms with E-state index in [9.17, 15) is 4.79 Å². The number of halogens is 2. The highest BCUT2D eigenvalue weighted by atomic mass is 35.5. The van der Waals surface area contributed by atoms with Crippen LogP contribution in [-0.4, -0.2) is 34.0 Å². The number of benzene rings is 2. The number of piperidine rings is 1. The van der Waals surface area contributed by atoms with Gasteiger partial charge in [0.2, 0.25) is 11.7 Å². The molecule has 4 rings (SSSR count). The van der Waals surface area contributed by atoms with Crippen molar-refractivity contribution < 1.29 is 9.32 Å². The second kappa shape index (κ2) is 7.71. The Morgan fingerprint density at radius 3 is 2.59 bits per heavy atom. The van der Waals surface area contributed by atoms with Crippen molar-refractivity contribution in [2.75, 3.05) is 13.1 Å². The molecule has 1 saturated heterocycles. The summed E-state index contributed by atoms with van der Waals surface area (Å²) in [4.78, 5) is 19.2. The maximum Gasteiger partial charge on any atom is 0.253 e.